The first-order chi connectivity index (χ1) is 10.4. The second-order valence-electron chi connectivity index (χ2n) is 6.60. The first-order valence-electron chi connectivity index (χ1n) is 8.26. The number of hydrogen-bond donors (Lipinski definition) is 2. The Morgan fingerprint density at radius 3 is 2.55 bits per heavy atom. The Morgan fingerprint density at radius 2 is 2.00 bits per heavy atom. The number of carboxylic acids is 1. The number of carbonyl (C=O) groups excluding carboxylic acids is 2. The van der Waals surface area contributed by atoms with E-state index in [1.54, 1.807) is 0 Å². The third-order valence-corrected chi connectivity index (χ3v) is 5.07. The van der Waals surface area contributed by atoms with Crippen LogP contribution in [0.4, 0.5) is 0 Å². The predicted molar refractivity (Wildman–Crippen MR) is 81.1 cm³/mol. The van der Waals surface area contributed by atoms with Gasteiger partial charge in [-0.1, -0.05) is 33.1 Å². The van der Waals surface area contributed by atoms with E-state index in [-0.39, 0.29) is 30.2 Å². The van der Waals surface area contributed by atoms with Crippen molar-refractivity contribution in [3.8, 4) is 0 Å². The van der Waals surface area contributed by atoms with Gasteiger partial charge < -0.3 is 15.3 Å². The van der Waals surface area contributed by atoms with Crippen LogP contribution in [0.15, 0.2) is 0 Å². The molecule has 6 heteroatoms. The van der Waals surface area contributed by atoms with Crippen molar-refractivity contribution < 1.29 is 19.5 Å². The molecule has 1 heterocycles. The normalized spacial score (nSPS) is 25.3. The average molecular weight is 310 g/mol. The third kappa shape index (κ3) is 3.59. The average Bonchev–Trinajstić information content (AvgIpc) is 3.12. The van der Waals surface area contributed by atoms with Gasteiger partial charge >= 0.3 is 5.97 Å². The Morgan fingerprint density at radius 1 is 1.36 bits per heavy atom. The molecule has 2 fully saturated rings. The molecule has 2 aliphatic rings. The molecule has 2 N–H and O–H groups in total. The lowest BCUT2D eigenvalue weighted by molar-refractivity contribution is -0.144. The third-order valence-electron chi connectivity index (χ3n) is 5.07. The van der Waals surface area contributed by atoms with Gasteiger partial charge in [0.1, 0.15) is 6.04 Å². The van der Waals surface area contributed by atoms with Crippen LogP contribution in [0.3, 0.4) is 0 Å². The summed E-state index contributed by atoms with van der Waals surface area (Å²) in [6.07, 6.45) is 5.19. The number of amides is 2. The second-order valence-corrected chi connectivity index (χ2v) is 6.60. The molecule has 1 aliphatic heterocycles. The summed E-state index contributed by atoms with van der Waals surface area (Å²) in [6.45, 7) is 4.14. The summed E-state index contributed by atoms with van der Waals surface area (Å²) in [4.78, 5) is 37.6. The molecule has 1 saturated carbocycles. The fourth-order valence-electron chi connectivity index (χ4n) is 3.43. The second kappa shape index (κ2) is 7.11. The largest absolute Gasteiger partial charge is 0.480 e. The van der Waals surface area contributed by atoms with E-state index in [4.69, 9.17) is 0 Å². The maximum Gasteiger partial charge on any atom is 0.326 e. The summed E-state index contributed by atoms with van der Waals surface area (Å²) in [5, 5.41) is 11.9. The minimum atomic E-state index is -1.01. The Labute approximate surface area is 131 Å². The number of nitrogens with one attached hydrogen (secondary N) is 1. The van der Waals surface area contributed by atoms with E-state index in [1.165, 1.54) is 0 Å². The molecule has 3 atom stereocenters. The van der Waals surface area contributed by atoms with Crippen LogP contribution in [0.5, 0.6) is 0 Å². The van der Waals surface area contributed by atoms with Crippen molar-refractivity contribution in [1.29, 1.82) is 0 Å². The van der Waals surface area contributed by atoms with E-state index >= 15 is 0 Å². The topological polar surface area (TPSA) is 86.7 Å². The number of nitrogens with zero attached hydrogens (tertiary/aromatic N) is 1. The maximum atomic E-state index is 12.3. The van der Waals surface area contributed by atoms with Crippen molar-refractivity contribution in [3.05, 3.63) is 0 Å². The first-order valence-corrected chi connectivity index (χ1v) is 8.26. The Balaban J connectivity index is 1.95. The summed E-state index contributed by atoms with van der Waals surface area (Å²) in [7, 11) is 0. The molecule has 3 unspecified atom stereocenters. The van der Waals surface area contributed by atoms with E-state index in [0.29, 0.717) is 13.0 Å². The first kappa shape index (κ1) is 16.8. The molecule has 0 aromatic carbocycles. The summed E-state index contributed by atoms with van der Waals surface area (Å²) < 4.78 is 0. The molecule has 2 amide bonds. The van der Waals surface area contributed by atoms with Gasteiger partial charge in [0.15, 0.2) is 0 Å². The van der Waals surface area contributed by atoms with E-state index in [9.17, 15) is 19.5 Å². The van der Waals surface area contributed by atoms with Gasteiger partial charge in [-0.15, -0.1) is 0 Å². The minimum absolute atomic E-state index is 0.0301. The molecule has 1 aliphatic carbocycles. The summed E-state index contributed by atoms with van der Waals surface area (Å²) in [6, 6.07) is -0.608. The molecule has 1 saturated heterocycles. The van der Waals surface area contributed by atoms with Crippen molar-refractivity contribution in [2.45, 2.75) is 64.5 Å². The molecule has 6 nitrogen and oxygen atoms in total. The highest BCUT2D eigenvalue weighted by molar-refractivity contribution is 5.91. The molecule has 0 aromatic heterocycles. The molecule has 0 aromatic rings. The molecule has 124 valence electrons. The van der Waals surface area contributed by atoms with Crippen LogP contribution in [0.25, 0.3) is 0 Å². The van der Waals surface area contributed by atoms with Crippen LogP contribution >= 0.6 is 0 Å². The van der Waals surface area contributed by atoms with E-state index in [2.05, 4.69) is 5.32 Å². The van der Waals surface area contributed by atoms with Gasteiger partial charge in [-0.3, -0.25) is 9.59 Å². The van der Waals surface area contributed by atoms with E-state index in [1.807, 2.05) is 18.7 Å². The number of rotatable bonds is 6. The Bertz CT molecular complexity index is 445. The summed E-state index contributed by atoms with van der Waals surface area (Å²) in [5.41, 5.74) is 0. The van der Waals surface area contributed by atoms with Gasteiger partial charge in [0.05, 0.1) is 5.92 Å². The van der Waals surface area contributed by atoms with Crippen LogP contribution < -0.4 is 5.32 Å². The molecule has 0 radical (unpaired) electrons. The fraction of sp³-hybridized carbons (Fsp3) is 0.812. The van der Waals surface area contributed by atoms with Crippen molar-refractivity contribution in [1.82, 2.24) is 10.2 Å². The SMILES string of the molecule is CCC(C)C(NC(=O)C1CC(=O)N(C2CCCC2)C1)C(=O)O. The molecule has 0 spiro atoms. The lowest BCUT2D eigenvalue weighted by Gasteiger charge is -2.25. The van der Waals surface area contributed by atoms with Crippen molar-refractivity contribution >= 4 is 17.8 Å². The zero-order chi connectivity index (χ0) is 16.3. The van der Waals surface area contributed by atoms with E-state index in [0.717, 1.165) is 25.7 Å². The van der Waals surface area contributed by atoms with Crippen LogP contribution in [0.1, 0.15) is 52.4 Å². The maximum absolute atomic E-state index is 12.3. The summed E-state index contributed by atoms with van der Waals surface area (Å²) >= 11 is 0. The quantitative estimate of drug-likeness (QED) is 0.776. The molecule has 2 rings (SSSR count). The Kier molecular flexibility index (Phi) is 5.42. The molecular formula is C16H26N2O4. The fourth-order valence-corrected chi connectivity index (χ4v) is 3.43. The molecule has 22 heavy (non-hydrogen) atoms. The molecule has 0 bridgehead atoms. The number of hydrogen-bond acceptors (Lipinski definition) is 3. The smallest absolute Gasteiger partial charge is 0.326 e. The number of carboxylic acid groups (broad SMARTS) is 1. The lowest BCUT2D eigenvalue weighted by Crippen LogP contribution is -2.47. The van der Waals surface area contributed by atoms with Gasteiger partial charge in [-0.05, 0) is 18.8 Å². The standard InChI is InChI=1S/C16H26N2O4/c1-3-10(2)14(16(21)22)17-15(20)11-8-13(19)18(9-11)12-6-4-5-7-12/h10-12,14H,3-9H2,1-2H3,(H,17,20)(H,21,22). The highest BCUT2D eigenvalue weighted by Crippen LogP contribution is 2.29. The van der Waals surface area contributed by atoms with Crippen LogP contribution in [0, 0.1) is 11.8 Å². The van der Waals surface area contributed by atoms with Crippen LogP contribution in [0.2, 0.25) is 0 Å². The van der Waals surface area contributed by atoms with Crippen molar-refractivity contribution in [2.24, 2.45) is 11.8 Å². The van der Waals surface area contributed by atoms with Gasteiger partial charge in [0.2, 0.25) is 11.8 Å². The monoisotopic (exact) mass is 310 g/mol. The van der Waals surface area contributed by atoms with E-state index < -0.39 is 17.9 Å². The minimum Gasteiger partial charge on any atom is -0.480 e. The zero-order valence-corrected chi connectivity index (χ0v) is 13.4. The highest BCUT2D eigenvalue weighted by Gasteiger charge is 2.39. The Hall–Kier alpha value is -1.59. The van der Waals surface area contributed by atoms with Gasteiger partial charge in [0.25, 0.3) is 0 Å². The number of carbonyl (C=O) groups is 3. The lowest BCUT2D eigenvalue weighted by atomic mass is 9.98. The zero-order valence-electron chi connectivity index (χ0n) is 13.4. The van der Waals surface area contributed by atoms with Gasteiger partial charge in [-0.2, -0.15) is 0 Å². The van der Waals surface area contributed by atoms with Crippen LogP contribution in [-0.4, -0.2) is 46.4 Å². The number of aliphatic carboxylic acids is 1. The van der Waals surface area contributed by atoms with Crippen molar-refractivity contribution in [2.75, 3.05) is 6.54 Å². The van der Waals surface area contributed by atoms with Crippen molar-refractivity contribution in [3.63, 3.8) is 0 Å². The predicted octanol–water partition coefficient (Wildman–Crippen LogP) is 1.39. The van der Waals surface area contributed by atoms with Crippen LogP contribution in [-0.2, 0) is 14.4 Å². The summed E-state index contributed by atoms with van der Waals surface area (Å²) in [5.74, 6) is -1.84. The molecular weight excluding hydrogens is 284 g/mol. The number of likely N-dealkylation sites (tertiary alicyclic amines) is 1. The van der Waals surface area contributed by atoms with Gasteiger partial charge in [-0.25, -0.2) is 4.79 Å². The van der Waals surface area contributed by atoms with Gasteiger partial charge in [0, 0.05) is 19.0 Å². The highest BCUT2D eigenvalue weighted by atomic mass is 16.4.